The Labute approximate surface area is 126 Å². The van der Waals surface area contributed by atoms with E-state index in [1.165, 1.54) is 16.7 Å². The first kappa shape index (κ1) is 15.4. The number of hydrogen-bond acceptors (Lipinski definition) is 2. The zero-order valence-electron chi connectivity index (χ0n) is 13.1. The second-order valence-corrected chi connectivity index (χ2v) is 5.10. The molecule has 0 aliphatic carbocycles. The molecule has 2 aromatic rings. The minimum Gasteiger partial charge on any atom is -0.493 e. The van der Waals surface area contributed by atoms with Crippen LogP contribution in [0.3, 0.4) is 0 Å². The van der Waals surface area contributed by atoms with Crippen molar-refractivity contribution in [3.8, 4) is 11.5 Å². The molecule has 2 rings (SSSR count). The highest BCUT2D eigenvalue weighted by Crippen LogP contribution is 2.27. The van der Waals surface area contributed by atoms with E-state index in [1.807, 2.05) is 13.0 Å². The first-order valence-corrected chi connectivity index (χ1v) is 7.40. The van der Waals surface area contributed by atoms with Crippen molar-refractivity contribution in [1.29, 1.82) is 0 Å². The van der Waals surface area contributed by atoms with Gasteiger partial charge in [-0.2, -0.15) is 0 Å². The van der Waals surface area contributed by atoms with E-state index in [9.17, 15) is 0 Å². The lowest BCUT2D eigenvalue weighted by molar-refractivity contribution is -0.686. The van der Waals surface area contributed by atoms with Gasteiger partial charge in [-0.1, -0.05) is 29.8 Å². The van der Waals surface area contributed by atoms with Crippen LogP contribution in [0.15, 0.2) is 42.5 Å². The average Bonchev–Trinajstić information content (AvgIpc) is 2.51. The Kier molecular flexibility index (Phi) is 5.64. The van der Waals surface area contributed by atoms with Crippen LogP contribution in [-0.2, 0) is 13.1 Å². The van der Waals surface area contributed by atoms with Gasteiger partial charge in [0.2, 0.25) is 0 Å². The van der Waals surface area contributed by atoms with Gasteiger partial charge in [-0.3, -0.25) is 0 Å². The molecule has 3 nitrogen and oxygen atoms in total. The average molecular weight is 286 g/mol. The van der Waals surface area contributed by atoms with Gasteiger partial charge in [0.25, 0.3) is 0 Å². The molecule has 0 aliphatic heterocycles. The van der Waals surface area contributed by atoms with Crippen molar-refractivity contribution in [2.75, 3.05) is 13.7 Å². The normalized spacial score (nSPS) is 10.4. The van der Waals surface area contributed by atoms with E-state index < -0.39 is 0 Å². The molecular weight excluding hydrogens is 262 g/mol. The molecule has 0 aliphatic rings. The largest absolute Gasteiger partial charge is 0.493 e. The molecule has 112 valence electrons. The van der Waals surface area contributed by atoms with Crippen LogP contribution in [0.2, 0.25) is 0 Å². The van der Waals surface area contributed by atoms with E-state index in [0.29, 0.717) is 6.61 Å². The van der Waals surface area contributed by atoms with Gasteiger partial charge < -0.3 is 14.8 Å². The maximum Gasteiger partial charge on any atom is 0.161 e. The van der Waals surface area contributed by atoms with Crippen LogP contribution in [-0.4, -0.2) is 13.7 Å². The number of hydrogen-bond donors (Lipinski definition) is 1. The van der Waals surface area contributed by atoms with Crippen LogP contribution in [0.4, 0.5) is 0 Å². The lowest BCUT2D eigenvalue weighted by atomic mass is 10.1. The van der Waals surface area contributed by atoms with E-state index in [-0.39, 0.29) is 0 Å². The van der Waals surface area contributed by atoms with Crippen LogP contribution >= 0.6 is 0 Å². The second kappa shape index (κ2) is 7.70. The number of ether oxygens (including phenoxy) is 2. The molecule has 2 N–H and O–H groups in total. The molecular formula is C18H24NO2+. The van der Waals surface area contributed by atoms with Crippen molar-refractivity contribution in [1.82, 2.24) is 0 Å². The number of benzene rings is 2. The van der Waals surface area contributed by atoms with Gasteiger partial charge in [-0.25, -0.2) is 0 Å². The maximum atomic E-state index is 5.53. The number of methoxy groups -OCH3 is 1. The van der Waals surface area contributed by atoms with Crippen molar-refractivity contribution in [3.05, 3.63) is 59.2 Å². The van der Waals surface area contributed by atoms with E-state index in [0.717, 1.165) is 24.6 Å². The summed E-state index contributed by atoms with van der Waals surface area (Å²) in [5.74, 6) is 1.61. The fraction of sp³-hybridized carbons (Fsp3) is 0.333. The summed E-state index contributed by atoms with van der Waals surface area (Å²) in [6, 6.07) is 14.8. The minimum atomic E-state index is 0.648. The summed E-state index contributed by atoms with van der Waals surface area (Å²) in [6.07, 6.45) is 0. The fourth-order valence-corrected chi connectivity index (χ4v) is 2.24. The van der Waals surface area contributed by atoms with Crippen molar-refractivity contribution in [2.45, 2.75) is 26.9 Å². The number of quaternary nitrogens is 1. The van der Waals surface area contributed by atoms with Gasteiger partial charge in [0.15, 0.2) is 11.5 Å². The fourth-order valence-electron chi connectivity index (χ4n) is 2.24. The zero-order chi connectivity index (χ0) is 15.1. The maximum absolute atomic E-state index is 5.53. The summed E-state index contributed by atoms with van der Waals surface area (Å²) in [5, 5.41) is 2.29. The van der Waals surface area contributed by atoms with Crippen molar-refractivity contribution < 1.29 is 14.8 Å². The van der Waals surface area contributed by atoms with Gasteiger partial charge in [-0.05, 0) is 32.0 Å². The van der Waals surface area contributed by atoms with Gasteiger partial charge >= 0.3 is 0 Å². The molecule has 0 fully saturated rings. The summed E-state index contributed by atoms with van der Waals surface area (Å²) < 4.78 is 10.9. The predicted molar refractivity (Wildman–Crippen MR) is 84.7 cm³/mol. The standard InChI is InChI=1S/C18H23NO2/c1-4-21-17-10-9-16(11-18(17)20-3)13-19-12-15-7-5-14(2)6-8-15/h5-11,19H,4,12-13H2,1-3H3/p+1. The highest BCUT2D eigenvalue weighted by Gasteiger charge is 2.06. The van der Waals surface area contributed by atoms with E-state index in [1.54, 1.807) is 7.11 Å². The van der Waals surface area contributed by atoms with Crippen LogP contribution < -0.4 is 14.8 Å². The molecule has 21 heavy (non-hydrogen) atoms. The topological polar surface area (TPSA) is 35.1 Å². The molecule has 2 aromatic carbocycles. The molecule has 0 unspecified atom stereocenters. The zero-order valence-corrected chi connectivity index (χ0v) is 13.1. The van der Waals surface area contributed by atoms with Crippen molar-refractivity contribution in [2.24, 2.45) is 0 Å². The first-order valence-electron chi connectivity index (χ1n) is 7.40. The monoisotopic (exact) mass is 286 g/mol. The molecule has 0 radical (unpaired) electrons. The molecule has 0 saturated heterocycles. The third kappa shape index (κ3) is 4.50. The lowest BCUT2D eigenvalue weighted by Crippen LogP contribution is -2.80. The third-order valence-corrected chi connectivity index (χ3v) is 3.41. The molecule has 0 amide bonds. The van der Waals surface area contributed by atoms with E-state index in [2.05, 4.69) is 48.6 Å². The van der Waals surface area contributed by atoms with E-state index in [4.69, 9.17) is 9.47 Å². The Morgan fingerprint density at radius 1 is 0.905 bits per heavy atom. The second-order valence-electron chi connectivity index (χ2n) is 5.10. The Hall–Kier alpha value is -2.00. The number of rotatable bonds is 7. The third-order valence-electron chi connectivity index (χ3n) is 3.41. The molecule has 0 spiro atoms. The van der Waals surface area contributed by atoms with Gasteiger partial charge in [0.1, 0.15) is 13.1 Å². The Balaban J connectivity index is 1.92. The van der Waals surface area contributed by atoms with Crippen molar-refractivity contribution in [3.63, 3.8) is 0 Å². The summed E-state index contributed by atoms with van der Waals surface area (Å²) >= 11 is 0. The van der Waals surface area contributed by atoms with Gasteiger partial charge in [0.05, 0.1) is 13.7 Å². The molecule has 0 atom stereocenters. The lowest BCUT2D eigenvalue weighted by Gasteiger charge is -2.10. The molecule has 0 saturated carbocycles. The van der Waals surface area contributed by atoms with Crippen LogP contribution in [0.25, 0.3) is 0 Å². The SMILES string of the molecule is CCOc1ccc(C[NH2+]Cc2ccc(C)cc2)cc1OC. The van der Waals surface area contributed by atoms with Gasteiger partial charge in [-0.15, -0.1) is 0 Å². The molecule has 3 heteroatoms. The van der Waals surface area contributed by atoms with Crippen LogP contribution in [0, 0.1) is 6.92 Å². The van der Waals surface area contributed by atoms with Gasteiger partial charge in [0, 0.05) is 11.1 Å². The Morgan fingerprint density at radius 3 is 2.24 bits per heavy atom. The van der Waals surface area contributed by atoms with Crippen molar-refractivity contribution >= 4 is 0 Å². The number of nitrogens with two attached hydrogens (primary N) is 1. The highest BCUT2D eigenvalue weighted by atomic mass is 16.5. The predicted octanol–water partition coefficient (Wildman–Crippen LogP) is 2.67. The Morgan fingerprint density at radius 2 is 1.57 bits per heavy atom. The summed E-state index contributed by atoms with van der Waals surface area (Å²) in [6.45, 7) is 6.64. The van der Waals surface area contributed by atoms with E-state index >= 15 is 0 Å². The summed E-state index contributed by atoms with van der Waals surface area (Å²) in [7, 11) is 1.68. The highest BCUT2D eigenvalue weighted by molar-refractivity contribution is 5.42. The first-order chi connectivity index (χ1) is 10.2. The molecule has 0 heterocycles. The van der Waals surface area contributed by atoms with Crippen LogP contribution in [0.1, 0.15) is 23.6 Å². The quantitative estimate of drug-likeness (QED) is 0.849. The smallest absolute Gasteiger partial charge is 0.161 e. The van der Waals surface area contributed by atoms with Crippen LogP contribution in [0.5, 0.6) is 11.5 Å². The minimum absolute atomic E-state index is 0.648. The summed E-state index contributed by atoms with van der Waals surface area (Å²) in [5.41, 5.74) is 3.89. The summed E-state index contributed by atoms with van der Waals surface area (Å²) in [4.78, 5) is 0. The number of aryl methyl sites for hydroxylation is 1. The molecule has 0 aromatic heterocycles. The Bertz CT molecular complexity index is 564. The molecule has 0 bridgehead atoms.